The van der Waals surface area contributed by atoms with Crippen LogP contribution in [0, 0.1) is 5.92 Å². The van der Waals surface area contributed by atoms with Gasteiger partial charge in [-0.3, -0.25) is 9.59 Å². The molecule has 2 aromatic carbocycles. The van der Waals surface area contributed by atoms with Gasteiger partial charge in [0.05, 0.1) is 12.3 Å². The Morgan fingerprint density at radius 2 is 1.78 bits per heavy atom. The first-order valence-corrected chi connectivity index (χ1v) is 10.5. The van der Waals surface area contributed by atoms with Crippen LogP contribution in [0.15, 0.2) is 42.5 Å². The molecule has 1 aliphatic rings. The Kier molecular flexibility index (Phi) is 7.57. The second-order valence-corrected chi connectivity index (χ2v) is 9.12. The van der Waals surface area contributed by atoms with Crippen LogP contribution in [0.3, 0.4) is 0 Å². The molecule has 0 saturated heterocycles. The fraction of sp³-hybridized carbons (Fsp3) is 0.333. The molecule has 0 aliphatic heterocycles. The van der Waals surface area contributed by atoms with Crippen molar-refractivity contribution in [2.24, 2.45) is 5.92 Å². The summed E-state index contributed by atoms with van der Waals surface area (Å²) >= 11 is 18.6. The number of amides is 2. The van der Waals surface area contributed by atoms with E-state index in [4.69, 9.17) is 34.8 Å². The molecule has 2 unspecified atom stereocenters. The molecular weight excluding hydrogens is 495 g/mol. The van der Waals surface area contributed by atoms with Crippen molar-refractivity contribution in [3.05, 3.63) is 64.2 Å². The van der Waals surface area contributed by atoms with Crippen LogP contribution >= 0.6 is 34.8 Å². The molecule has 1 fully saturated rings. The summed E-state index contributed by atoms with van der Waals surface area (Å²) in [5.74, 6) is -2.93. The number of alkyl halides is 6. The highest BCUT2D eigenvalue weighted by molar-refractivity contribution is 6.53. The van der Waals surface area contributed by atoms with E-state index >= 15 is 0 Å². The van der Waals surface area contributed by atoms with Crippen LogP contribution in [0.1, 0.15) is 35.5 Å². The van der Waals surface area contributed by atoms with Crippen LogP contribution in [0.2, 0.25) is 5.02 Å². The van der Waals surface area contributed by atoms with E-state index in [9.17, 15) is 27.2 Å². The van der Waals surface area contributed by atoms with Crippen LogP contribution < -0.4 is 10.6 Å². The fourth-order valence-corrected chi connectivity index (χ4v) is 4.38. The van der Waals surface area contributed by atoms with E-state index in [0.29, 0.717) is 16.8 Å². The number of carbonyl (C=O) groups excluding carboxylic acids is 2. The number of benzene rings is 2. The van der Waals surface area contributed by atoms with Gasteiger partial charge in [0.25, 0.3) is 6.43 Å². The highest BCUT2D eigenvalue weighted by Gasteiger charge is 2.67. The number of carbonyl (C=O) groups is 2. The van der Waals surface area contributed by atoms with E-state index in [1.54, 1.807) is 6.07 Å². The Morgan fingerprint density at radius 3 is 2.44 bits per heavy atom. The van der Waals surface area contributed by atoms with E-state index in [1.807, 2.05) is 0 Å². The Hall–Kier alpha value is -2.03. The zero-order valence-corrected chi connectivity index (χ0v) is 18.5. The monoisotopic (exact) mass is 510 g/mol. The minimum atomic E-state index is -2.77. The van der Waals surface area contributed by atoms with Crippen LogP contribution in [0.5, 0.6) is 0 Å². The number of anilines is 1. The fourth-order valence-electron chi connectivity index (χ4n) is 3.37. The number of hydrogen-bond donors (Lipinski definition) is 2. The molecule has 11 heteroatoms. The SMILES string of the molecule is O=C(CC(F)F)NCc1cc(NC(=O)C2C(c3cccc(C(F)F)c3)C2(Cl)Cl)ccc1Cl. The quantitative estimate of drug-likeness (QED) is 0.334. The minimum Gasteiger partial charge on any atom is -0.352 e. The van der Waals surface area contributed by atoms with E-state index in [1.165, 1.54) is 36.4 Å². The molecule has 172 valence electrons. The van der Waals surface area contributed by atoms with Crippen LogP contribution in [-0.4, -0.2) is 22.6 Å². The van der Waals surface area contributed by atoms with Gasteiger partial charge >= 0.3 is 0 Å². The lowest BCUT2D eigenvalue weighted by Crippen LogP contribution is -2.25. The molecule has 3 rings (SSSR count). The summed E-state index contributed by atoms with van der Waals surface area (Å²) < 4.78 is 49.0. The molecule has 1 aliphatic carbocycles. The molecule has 0 spiro atoms. The first kappa shape index (κ1) is 24.6. The summed E-state index contributed by atoms with van der Waals surface area (Å²) in [6, 6.07) is 10.0. The lowest BCUT2D eigenvalue weighted by Gasteiger charge is -2.11. The third-order valence-electron chi connectivity index (χ3n) is 4.99. The molecule has 4 nitrogen and oxygen atoms in total. The van der Waals surface area contributed by atoms with Crippen molar-refractivity contribution in [1.82, 2.24) is 5.32 Å². The standard InChI is InChI=1S/C21H17Cl3F4N2O2/c22-14-5-4-13(7-12(14)9-29-16(31)8-15(25)26)30-20(32)18-17(21(18,23)24)10-2-1-3-11(6-10)19(27)28/h1-7,15,17-19H,8-9H2,(H,29,31)(H,30,32). The van der Waals surface area contributed by atoms with Gasteiger partial charge in [-0.15, -0.1) is 23.2 Å². The Labute approximate surface area is 196 Å². The molecule has 2 N–H and O–H groups in total. The third kappa shape index (κ3) is 5.66. The topological polar surface area (TPSA) is 58.2 Å². The summed E-state index contributed by atoms with van der Waals surface area (Å²) in [7, 11) is 0. The van der Waals surface area contributed by atoms with Gasteiger partial charge in [-0.1, -0.05) is 29.8 Å². The number of rotatable bonds is 8. The van der Waals surface area contributed by atoms with E-state index in [-0.39, 0.29) is 17.1 Å². The van der Waals surface area contributed by atoms with Gasteiger partial charge in [0, 0.05) is 28.7 Å². The van der Waals surface area contributed by atoms with E-state index < -0.39 is 47.3 Å². The molecule has 0 bridgehead atoms. The maximum Gasteiger partial charge on any atom is 0.263 e. The highest BCUT2D eigenvalue weighted by Crippen LogP contribution is 2.65. The molecule has 2 amide bonds. The van der Waals surface area contributed by atoms with Gasteiger partial charge in [0.1, 0.15) is 4.33 Å². The third-order valence-corrected chi connectivity index (χ3v) is 6.30. The predicted molar refractivity (Wildman–Crippen MR) is 115 cm³/mol. The summed E-state index contributed by atoms with van der Waals surface area (Å²) in [5, 5.41) is 5.22. The van der Waals surface area contributed by atoms with Gasteiger partial charge in [-0.2, -0.15) is 0 Å². The molecule has 32 heavy (non-hydrogen) atoms. The lowest BCUT2D eigenvalue weighted by atomic mass is 10.1. The minimum absolute atomic E-state index is 0.116. The maximum atomic E-state index is 13.0. The average Bonchev–Trinajstić information content (AvgIpc) is 3.30. The average molecular weight is 512 g/mol. The van der Waals surface area contributed by atoms with Gasteiger partial charge in [0.15, 0.2) is 0 Å². The normalized spacial score (nSPS) is 19.2. The smallest absolute Gasteiger partial charge is 0.263 e. The van der Waals surface area contributed by atoms with E-state index in [2.05, 4.69) is 10.6 Å². The second-order valence-electron chi connectivity index (χ2n) is 7.27. The summed E-state index contributed by atoms with van der Waals surface area (Å²) in [6.45, 7) is -0.116. The van der Waals surface area contributed by atoms with Crippen LogP contribution in [-0.2, 0) is 16.1 Å². The Balaban J connectivity index is 1.69. The number of nitrogens with one attached hydrogen (secondary N) is 2. The van der Waals surface area contributed by atoms with Crippen molar-refractivity contribution >= 4 is 52.3 Å². The van der Waals surface area contributed by atoms with Crippen molar-refractivity contribution in [2.45, 2.75) is 36.1 Å². The van der Waals surface area contributed by atoms with Crippen molar-refractivity contribution in [2.75, 3.05) is 5.32 Å². The maximum absolute atomic E-state index is 13.0. The van der Waals surface area contributed by atoms with Gasteiger partial charge in [-0.25, -0.2) is 17.6 Å². The first-order chi connectivity index (χ1) is 15.0. The second kappa shape index (κ2) is 9.85. The Morgan fingerprint density at radius 1 is 1.06 bits per heavy atom. The summed E-state index contributed by atoms with van der Waals surface area (Å²) in [6.07, 6.45) is -6.37. The molecule has 0 heterocycles. The molecule has 2 atom stereocenters. The van der Waals surface area contributed by atoms with Gasteiger partial charge in [-0.05, 0) is 35.4 Å². The van der Waals surface area contributed by atoms with Crippen LogP contribution in [0.4, 0.5) is 23.2 Å². The van der Waals surface area contributed by atoms with Gasteiger partial charge in [0.2, 0.25) is 18.2 Å². The molecule has 1 saturated carbocycles. The van der Waals surface area contributed by atoms with Crippen molar-refractivity contribution in [1.29, 1.82) is 0 Å². The summed E-state index contributed by atoms with van der Waals surface area (Å²) in [4.78, 5) is 24.2. The van der Waals surface area contributed by atoms with Crippen LogP contribution in [0.25, 0.3) is 0 Å². The van der Waals surface area contributed by atoms with E-state index in [0.717, 1.165) is 0 Å². The lowest BCUT2D eigenvalue weighted by molar-refractivity contribution is -0.123. The van der Waals surface area contributed by atoms with Gasteiger partial charge < -0.3 is 10.6 Å². The predicted octanol–water partition coefficient (Wildman–Crippen LogP) is 6.08. The highest BCUT2D eigenvalue weighted by atomic mass is 35.5. The Bertz CT molecular complexity index is 1020. The molecule has 0 radical (unpaired) electrons. The summed E-state index contributed by atoms with van der Waals surface area (Å²) in [5.41, 5.74) is 0.932. The molecule has 2 aromatic rings. The molecule has 0 aromatic heterocycles. The van der Waals surface area contributed by atoms with Crippen molar-refractivity contribution < 1.29 is 27.2 Å². The largest absolute Gasteiger partial charge is 0.352 e. The zero-order chi connectivity index (χ0) is 23.6. The first-order valence-electron chi connectivity index (χ1n) is 9.40. The number of halogens is 7. The molecular formula is C21H17Cl3F4N2O2. The number of hydrogen-bond acceptors (Lipinski definition) is 2. The van der Waals surface area contributed by atoms with Crippen molar-refractivity contribution in [3.63, 3.8) is 0 Å². The van der Waals surface area contributed by atoms with Crippen molar-refractivity contribution in [3.8, 4) is 0 Å². The zero-order valence-electron chi connectivity index (χ0n) is 16.2.